The molecular weight excluding hydrogens is 813 g/mol. The Morgan fingerprint density at radius 2 is 1.18 bits per heavy atom. The first-order valence-electron chi connectivity index (χ1n) is 19.1. The van der Waals surface area contributed by atoms with Crippen LogP contribution in [-0.4, -0.2) is 68.9 Å². The van der Waals surface area contributed by atoms with E-state index in [4.69, 9.17) is 54.3 Å². The largest absolute Gasteiger partial charge is 0.496 e. The van der Waals surface area contributed by atoms with Gasteiger partial charge in [-0.15, -0.1) is 0 Å². The van der Waals surface area contributed by atoms with Crippen LogP contribution in [0.25, 0.3) is 34.2 Å². The zero-order valence-electron chi connectivity index (χ0n) is 34.7. The van der Waals surface area contributed by atoms with Gasteiger partial charge in [-0.2, -0.15) is 10.2 Å². The van der Waals surface area contributed by atoms with E-state index >= 15 is 0 Å². The number of ether oxygens (including phenoxy) is 4. The Morgan fingerprint density at radius 3 is 1.70 bits per heavy atom. The lowest BCUT2D eigenvalue weighted by Crippen LogP contribution is -2.30. The molecule has 0 atom stereocenters. The number of para-hydroxylation sites is 3. The number of rotatable bonds is 12. The Balaban J connectivity index is 0.000000187. The number of nitrogens with two attached hydrogens (primary N) is 1. The van der Waals surface area contributed by atoms with Gasteiger partial charge in [-0.25, -0.2) is 10.5 Å². The van der Waals surface area contributed by atoms with Gasteiger partial charge in [0.1, 0.15) is 17.2 Å². The van der Waals surface area contributed by atoms with Gasteiger partial charge >= 0.3 is 5.97 Å². The average molecular weight is 861 g/mol. The summed E-state index contributed by atoms with van der Waals surface area (Å²) in [6, 6.07) is 38.5. The molecule has 2 heterocycles. The number of H-pyrrole nitrogens is 1. The summed E-state index contributed by atoms with van der Waals surface area (Å²) in [5.74, 6) is 7.73. The molecule has 0 saturated carbocycles. The molecule has 0 aliphatic heterocycles. The molecule has 0 saturated heterocycles. The van der Waals surface area contributed by atoms with Crippen molar-refractivity contribution in [2.45, 2.75) is 33.7 Å². The van der Waals surface area contributed by atoms with Crippen molar-refractivity contribution >= 4 is 36.3 Å². The molecule has 2 aromatic heterocycles. The van der Waals surface area contributed by atoms with Crippen molar-refractivity contribution in [2.75, 3.05) is 27.9 Å². The molecule has 16 heteroatoms. The van der Waals surface area contributed by atoms with Crippen LogP contribution in [-0.2, 0) is 16.1 Å². The molecule has 14 nitrogen and oxygen atoms in total. The molecule has 0 spiro atoms. The second kappa shape index (κ2) is 21.9. The second-order valence-corrected chi connectivity index (χ2v) is 13.9. The van der Waals surface area contributed by atoms with Gasteiger partial charge in [0.05, 0.1) is 57.6 Å². The number of benzene rings is 5. The maximum atomic E-state index is 11.8. The Kier molecular flexibility index (Phi) is 16.3. The number of aromatic amines is 1. The van der Waals surface area contributed by atoms with Gasteiger partial charge in [-0.3, -0.25) is 29.2 Å². The average Bonchev–Trinajstić information content (AvgIpc) is 3.84. The lowest BCUT2D eigenvalue weighted by molar-refractivity contribution is -0.143. The maximum absolute atomic E-state index is 11.8. The van der Waals surface area contributed by atoms with Crippen LogP contribution in [0.5, 0.6) is 17.2 Å². The highest BCUT2D eigenvalue weighted by molar-refractivity contribution is 7.71. The molecule has 61 heavy (non-hydrogen) atoms. The van der Waals surface area contributed by atoms with Gasteiger partial charge < -0.3 is 18.9 Å². The quantitative estimate of drug-likeness (QED) is 0.0354. The standard InChI is InChI=1S/C21H23N3O3S.C16H15N3OS.C8H10N2O2/c1-4-27-19(25)13-14-23-21(28)24(16-11-9-15(2)10-12-16)20(22-23)17-7-5-6-8-18(17)26-3;1-11-7-9-12(10-8-11)19-15(17-18-16(19)21)13-5-3-4-6-14(13)20-2;1-12-7-5-3-2-4-6(7)8(11)10-9/h5-12H,4,13-14H2,1-3H3;3-10H,1-2H3,(H,18,21);2-5H,9H2,1H3,(H,10,11). The number of carbonyl (C=O) groups is 2. The Bertz CT molecular complexity index is 2670. The highest BCUT2D eigenvalue weighted by Crippen LogP contribution is 2.32. The van der Waals surface area contributed by atoms with Gasteiger partial charge in [0, 0.05) is 11.4 Å². The SMILES string of the molecule is CCOC(=O)CCn1nc(-c2ccccc2OC)n(-c2ccc(C)cc2)c1=S.COc1ccccc1-c1n[nH]c(=S)n1-c1ccc(C)cc1.COc1ccccc1C(=O)NN. The summed E-state index contributed by atoms with van der Waals surface area (Å²) in [6.07, 6.45) is 0.207. The fraction of sp³-hybridized carbons (Fsp3) is 0.200. The van der Waals surface area contributed by atoms with Gasteiger partial charge in [0.2, 0.25) is 4.77 Å². The second-order valence-electron chi connectivity index (χ2n) is 13.2. The lowest BCUT2D eigenvalue weighted by Gasteiger charge is -2.10. The Labute approximate surface area is 364 Å². The first kappa shape index (κ1) is 45.2. The number of nitrogen functional groups attached to an aromatic ring is 1. The van der Waals surface area contributed by atoms with E-state index in [0.29, 0.717) is 45.6 Å². The molecule has 0 radical (unpaired) electrons. The minimum absolute atomic E-state index is 0.207. The number of amides is 1. The topological polar surface area (TPSA) is 165 Å². The molecule has 0 aliphatic carbocycles. The Morgan fingerprint density at radius 1 is 0.689 bits per heavy atom. The summed E-state index contributed by atoms with van der Waals surface area (Å²) in [5, 5.41) is 11.9. The van der Waals surface area contributed by atoms with E-state index in [1.807, 2.05) is 106 Å². The highest BCUT2D eigenvalue weighted by atomic mass is 32.1. The van der Waals surface area contributed by atoms with Crippen LogP contribution in [0.4, 0.5) is 0 Å². The number of hydrazine groups is 1. The number of aryl methyl sites for hydroxylation is 3. The molecule has 5 aromatic carbocycles. The number of esters is 1. The van der Waals surface area contributed by atoms with E-state index in [1.165, 1.54) is 12.7 Å². The molecule has 0 aliphatic rings. The molecule has 0 fully saturated rings. The van der Waals surface area contributed by atoms with Crippen LogP contribution in [0.1, 0.15) is 34.8 Å². The fourth-order valence-corrected chi connectivity index (χ4v) is 6.63. The van der Waals surface area contributed by atoms with E-state index in [0.717, 1.165) is 39.6 Å². The van der Waals surface area contributed by atoms with E-state index in [9.17, 15) is 9.59 Å². The molecule has 0 unspecified atom stereocenters. The highest BCUT2D eigenvalue weighted by Gasteiger charge is 2.19. The van der Waals surface area contributed by atoms with Crippen molar-refractivity contribution in [1.82, 2.24) is 34.5 Å². The van der Waals surface area contributed by atoms with Gasteiger partial charge in [-0.05, 0) is 106 Å². The molecule has 1 amide bonds. The van der Waals surface area contributed by atoms with Gasteiger partial charge in [0.25, 0.3) is 5.91 Å². The number of methoxy groups -OCH3 is 3. The summed E-state index contributed by atoms with van der Waals surface area (Å²) in [6.45, 7) is 6.58. The van der Waals surface area contributed by atoms with Gasteiger partial charge in [0.15, 0.2) is 16.4 Å². The first-order valence-corrected chi connectivity index (χ1v) is 19.9. The molecule has 7 rings (SSSR count). The third kappa shape index (κ3) is 11.2. The molecule has 0 bridgehead atoms. The molecular formula is C45H48N8O6S2. The lowest BCUT2D eigenvalue weighted by atomic mass is 10.1. The normalized spacial score (nSPS) is 10.3. The first-order chi connectivity index (χ1) is 29.5. The monoisotopic (exact) mass is 860 g/mol. The number of nitrogens with one attached hydrogen (secondary N) is 2. The minimum atomic E-state index is -0.354. The van der Waals surface area contributed by atoms with Crippen LogP contribution in [0.15, 0.2) is 121 Å². The van der Waals surface area contributed by atoms with E-state index in [2.05, 4.69) is 29.3 Å². The van der Waals surface area contributed by atoms with Crippen molar-refractivity contribution < 1.29 is 28.5 Å². The number of carbonyl (C=O) groups excluding carboxylic acids is 2. The maximum Gasteiger partial charge on any atom is 0.307 e. The van der Waals surface area contributed by atoms with Crippen LogP contribution >= 0.6 is 24.4 Å². The third-order valence-electron chi connectivity index (χ3n) is 9.11. The summed E-state index contributed by atoms with van der Waals surface area (Å²) < 4.78 is 27.4. The zero-order chi connectivity index (χ0) is 43.9. The van der Waals surface area contributed by atoms with Crippen LogP contribution in [0.3, 0.4) is 0 Å². The van der Waals surface area contributed by atoms with E-state index in [-0.39, 0.29) is 18.3 Å². The summed E-state index contributed by atoms with van der Waals surface area (Å²) in [5.41, 5.74) is 8.42. The van der Waals surface area contributed by atoms with Crippen LogP contribution in [0.2, 0.25) is 0 Å². The molecule has 7 aromatic rings. The van der Waals surface area contributed by atoms with E-state index in [1.54, 1.807) is 50.1 Å². The fourth-order valence-electron chi connectivity index (χ4n) is 6.06. The summed E-state index contributed by atoms with van der Waals surface area (Å²) in [4.78, 5) is 22.9. The number of nitrogens with zero attached hydrogens (tertiary/aromatic N) is 5. The van der Waals surface area contributed by atoms with Crippen LogP contribution < -0.4 is 25.5 Å². The van der Waals surface area contributed by atoms with Gasteiger partial charge in [-0.1, -0.05) is 71.8 Å². The predicted molar refractivity (Wildman–Crippen MR) is 240 cm³/mol. The zero-order valence-corrected chi connectivity index (χ0v) is 36.4. The van der Waals surface area contributed by atoms with Crippen molar-refractivity contribution in [1.29, 1.82) is 0 Å². The van der Waals surface area contributed by atoms with Crippen molar-refractivity contribution in [3.63, 3.8) is 0 Å². The molecule has 4 N–H and O–H groups in total. The predicted octanol–water partition coefficient (Wildman–Crippen LogP) is 8.55. The van der Waals surface area contributed by atoms with Crippen LogP contribution in [0, 0.1) is 23.4 Å². The minimum Gasteiger partial charge on any atom is -0.496 e. The summed E-state index contributed by atoms with van der Waals surface area (Å²) in [7, 11) is 4.78. The summed E-state index contributed by atoms with van der Waals surface area (Å²) >= 11 is 11.1. The smallest absolute Gasteiger partial charge is 0.307 e. The third-order valence-corrected chi connectivity index (χ3v) is 9.77. The number of aromatic nitrogens is 6. The van der Waals surface area contributed by atoms with Crippen molar-refractivity contribution in [3.05, 3.63) is 148 Å². The molecule has 316 valence electrons. The number of hydrogen-bond donors (Lipinski definition) is 3. The van der Waals surface area contributed by atoms with Crippen molar-refractivity contribution in [2.24, 2.45) is 5.84 Å². The number of hydrogen-bond acceptors (Lipinski definition) is 11. The van der Waals surface area contributed by atoms with Crippen molar-refractivity contribution in [3.8, 4) is 51.4 Å². The Hall–Kier alpha value is -6.88. The van der Waals surface area contributed by atoms with E-state index < -0.39 is 0 Å².